The zero-order valence-electron chi connectivity index (χ0n) is 15.5. The second kappa shape index (κ2) is 6.83. The van der Waals surface area contributed by atoms with Gasteiger partial charge in [-0.15, -0.1) is 0 Å². The quantitative estimate of drug-likeness (QED) is 0.409. The average molecular weight is 382 g/mol. The Balaban J connectivity index is 1.50. The first-order valence-electron chi connectivity index (χ1n) is 9.27. The molecule has 6 nitrogen and oxygen atoms in total. The molecule has 2 aromatic heterocycles. The topological polar surface area (TPSA) is 96.9 Å². The summed E-state index contributed by atoms with van der Waals surface area (Å²) < 4.78 is 5.80. The third kappa shape index (κ3) is 3.32. The molecule has 0 aliphatic rings. The number of benzene rings is 3. The highest BCUT2D eigenvalue weighted by Gasteiger charge is 2.11. The lowest BCUT2D eigenvalue weighted by Gasteiger charge is -2.03. The van der Waals surface area contributed by atoms with Gasteiger partial charge in [-0.3, -0.25) is 4.79 Å². The first-order valence-corrected chi connectivity index (χ1v) is 9.27. The number of carbonyl (C=O) groups is 1. The molecule has 29 heavy (non-hydrogen) atoms. The van der Waals surface area contributed by atoms with Crippen molar-refractivity contribution in [2.45, 2.75) is 6.42 Å². The van der Waals surface area contributed by atoms with Gasteiger partial charge in [-0.1, -0.05) is 30.3 Å². The molecule has 4 N–H and O–H groups in total. The van der Waals surface area contributed by atoms with Crippen LogP contribution in [0.15, 0.2) is 77.3 Å². The second-order valence-electron chi connectivity index (χ2n) is 6.91. The van der Waals surface area contributed by atoms with Crippen molar-refractivity contribution >= 4 is 39.6 Å². The maximum atomic E-state index is 11.3. The molecule has 5 rings (SSSR count). The Kier molecular flexibility index (Phi) is 4.02. The number of para-hydroxylation sites is 1. The van der Waals surface area contributed by atoms with E-state index in [0.717, 1.165) is 38.8 Å². The first-order chi connectivity index (χ1) is 14.2. The van der Waals surface area contributed by atoms with E-state index in [0.29, 0.717) is 11.6 Å². The molecule has 0 aliphatic carbocycles. The van der Waals surface area contributed by atoms with Crippen molar-refractivity contribution in [2.24, 2.45) is 5.73 Å². The highest BCUT2D eigenvalue weighted by atomic mass is 16.4. The van der Waals surface area contributed by atoms with Crippen LogP contribution in [0.3, 0.4) is 0 Å². The monoisotopic (exact) mass is 382 g/mol. The summed E-state index contributed by atoms with van der Waals surface area (Å²) in [7, 11) is 0. The summed E-state index contributed by atoms with van der Waals surface area (Å²) in [6.07, 6.45) is 2.04. The number of fused-ring (bicyclic) bond motifs is 2. The molecule has 6 heteroatoms. The SMILES string of the molecule is NC(=O)Cc1c[nH]c2ccc(-c3ccc4oc(Nc5ccccc5)nc4c3)cc12. The Labute approximate surface area is 166 Å². The smallest absolute Gasteiger partial charge is 0.300 e. The molecule has 0 aliphatic heterocycles. The second-order valence-corrected chi connectivity index (χ2v) is 6.91. The molecule has 0 radical (unpaired) electrons. The van der Waals surface area contributed by atoms with Crippen LogP contribution in [0.1, 0.15) is 5.56 Å². The minimum atomic E-state index is -0.348. The number of nitrogens with one attached hydrogen (secondary N) is 2. The van der Waals surface area contributed by atoms with Crippen molar-refractivity contribution in [3.05, 3.63) is 78.5 Å². The number of aromatic nitrogens is 2. The van der Waals surface area contributed by atoms with Crippen LogP contribution >= 0.6 is 0 Å². The number of rotatable bonds is 5. The van der Waals surface area contributed by atoms with E-state index in [1.165, 1.54) is 0 Å². The average Bonchev–Trinajstić information content (AvgIpc) is 3.31. The maximum absolute atomic E-state index is 11.3. The molecule has 0 atom stereocenters. The Hall–Kier alpha value is -4.06. The lowest BCUT2D eigenvalue weighted by molar-refractivity contribution is -0.117. The number of carbonyl (C=O) groups excluding carboxylic acids is 1. The zero-order chi connectivity index (χ0) is 19.8. The van der Waals surface area contributed by atoms with Gasteiger partial charge in [0.25, 0.3) is 6.01 Å². The van der Waals surface area contributed by atoms with Gasteiger partial charge in [0.2, 0.25) is 5.91 Å². The van der Waals surface area contributed by atoms with Gasteiger partial charge in [-0.25, -0.2) is 0 Å². The van der Waals surface area contributed by atoms with Gasteiger partial charge in [0, 0.05) is 22.8 Å². The zero-order valence-corrected chi connectivity index (χ0v) is 15.5. The van der Waals surface area contributed by atoms with Crippen molar-refractivity contribution < 1.29 is 9.21 Å². The molecule has 0 spiro atoms. The molecule has 2 heterocycles. The fourth-order valence-corrected chi connectivity index (χ4v) is 3.50. The number of hydrogen-bond acceptors (Lipinski definition) is 4. The van der Waals surface area contributed by atoms with Crippen LogP contribution in [-0.4, -0.2) is 15.9 Å². The largest absolute Gasteiger partial charge is 0.423 e. The number of anilines is 2. The fraction of sp³-hybridized carbons (Fsp3) is 0.0435. The van der Waals surface area contributed by atoms with Crippen molar-refractivity contribution in [1.29, 1.82) is 0 Å². The number of primary amides is 1. The predicted molar refractivity (Wildman–Crippen MR) is 114 cm³/mol. The Bertz CT molecular complexity index is 1340. The van der Waals surface area contributed by atoms with E-state index in [1.54, 1.807) is 0 Å². The molecule has 0 saturated heterocycles. The van der Waals surface area contributed by atoms with Crippen molar-refractivity contribution in [2.75, 3.05) is 5.32 Å². The third-order valence-electron chi connectivity index (χ3n) is 4.88. The van der Waals surface area contributed by atoms with Gasteiger partial charge >= 0.3 is 0 Å². The molecule has 3 aromatic carbocycles. The summed E-state index contributed by atoms with van der Waals surface area (Å²) >= 11 is 0. The van der Waals surface area contributed by atoms with Gasteiger partial charge in [0.05, 0.1) is 6.42 Å². The lowest BCUT2D eigenvalue weighted by Crippen LogP contribution is -2.13. The number of H-pyrrole nitrogens is 1. The minimum Gasteiger partial charge on any atom is -0.423 e. The van der Waals surface area contributed by atoms with E-state index >= 15 is 0 Å². The molecule has 0 saturated carbocycles. The van der Waals surface area contributed by atoms with Gasteiger partial charge in [0.1, 0.15) is 5.52 Å². The molecule has 0 bridgehead atoms. The van der Waals surface area contributed by atoms with Gasteiger partial charge in [-0.05, 0) is 53.1 Å². The highest BCUT2D eigenvalue weighted by Crippen LogP contribution is 2.30. The summed E-state index contributed by atoms with van der Waals surface area (Å²) in [5.41, 5.74) is 11.7. The maximum Gasteiger partial charge on any atom is 0.300 e. The van der Waals surface area contributed by atoms with Gasteiger partial charge in [0.15, 0.2) is 5.58 Å². The molecular weight excluding hydrogens is 364 g/mol. The number of aromatic amines is 1. The summed E-state index contributed by atoms with van der Waals surface area (Å²) in [5, 5.41) is 4.17. The third-order valence-corrected chi connectivity index (χ3v) is 4.88. The standard InChI is InChI=1S/C23H18N4O2/c24-22(28)12-16-13-25-19-8-6-14(10-18(16)19)15-7-9-21-20(11-15)27-23(29-21)26-17-4-2-1-3-5-17/h1-11,13,25H,12H2,(H2,24,28)(H,26,27). The molecule has 1 amide bonds. The van der Waals surface area contributed by atoms with Crippen molar-refractivity contribution in [3.63, 3.8) is 0 Å². The molecule has 0 unspecified atom stereocenters. The number of nitrogens with zero attached hydrogens (tertiary/aromatic N) is 1. The van der Waals surface area contributed by atoms with E-state index in [-0.39, 0.29) is 12.3 Å². The molecule has 0 fully saturated rings. The predicted octanol–water partition coefficient (Wildman–Crippen LogP) is 4.75. The van der Waals surface area contributed by atoms with E-state index in [2.05, 4.69) is 21.4 Å². The van der Waals surface area contributed by atoms with Crippen LogP contribution in [0.25, 0.3) is 33.1 Å². The van der Waals surface area contributed by atoms with Crippen molar-refractivity contribution in [1.82, 2.24) is 9.97 Å². The minimum absolute atomic E-state index is 0.209. The van der Waals surface area contributed by atoms with Crippen LogP contribution in [0.5, 0.6) is 0 Å². The highest BCUT2D eigenvalue weighted by molar-refractivity contribution is 5.92. The summed E-state index contributed by atoms with van der Waals surface area (Å²) in [5.74, 6) is -0.348. The van der Waals surface area contributed by atoms with Crippen LogP contribution in [0.2, 0.25) is 0 Å². The van der Waals surface area contributed by atoms with Crippen molar-refractivity contribution in [3.8, 4) is 11.1 Å². The van der Waals surface area contributed by atoms with Gasteiger partial charge < -0.3 is 20.5 Å². The van der Waals surface area contributed by atoms with E-state index in [4.69, 9.17) is 10.2 Å². The van der Waals surface area contributed by atoms with E-state index in [1.807, 2.05) is 66.9 Å². The number of hydrogen-bond donors (Lipinski definition) is 3. The number of amides is 1. The molecule has 5 aromatic rings. The normalized spacial score (nSPS) is 11.2. The van der Waals surface area contributed by atoms with E-state index < -0.39 is 0 Å². The summed E-state index contributed by atoms with van der Waals surface area (Å²) in [6.45, 7) is 0. The van der Waals surface area contributed by atoms with Gasteiger partial charge in [-0.2, -0.15) is 4.98 Å². The van der Waals surface area contributed by atoms with Crippen LogP contribution in [0, 0.1) is 0 Å². The number of nitrogens with two attached hydrogens (primary N) is 1. The van der Waals surface area contributed by atoms with Crippen LogP contribution < -0.4 is 11.1 Å². The van der Waals surface area contributed by atoms with Crippen LogP contribution in [0.4, 0.5) is 11.7 Å². The Morgan fingerprint density at radius 2 is 1.83 bits per heavy atom. The first kappa shape index (κ1) is 17.1. The lowest BCUT2D eigenvalue weighted by atomic mass is 10.0. The summed E-state index contributed by atoms with van der Waals surface area (Å²) in [6, 6.07) is 22.2. The Morgan fingerprint density at radius 3 is 2.66 bits per heavy atom. The number of oxazole rings is 1. The molecule has 142 valence electrons. The Morgan fingerprint density at radius 1 is 1.03 bits per heavy atom. The molecular formula is C23H18N4O2. The summed E-state index contributed by atoms with van der Waals surface area (Å²) in [4.78, 5) is 19.1. The van der Waals surface area contributed by atoms with Crippen LogP contribution in [-0.2, 0) is 11.2 Å². The fourth-order valence-electron chi connectivity index (χ4n) is 3.50. The van der Waals surface area contributed by atoms with E-state index in [9.17, 15) is 4.79 Å².